The highest BCUT2D eigenvalue weighted by Gasteiger charge is 2.26. The quantitative estimate of drug-likeness (QED) is 0.0264. The molecule has 9 nitrogen and oxygen atoms in total. The summed E-state index contributed by atoms with van der Waals surface area (Å²) in [7, 11) is -4.39. The molecule has 2 unspecified atom stereocenters. The summed E-state index contributed by atoms with van der Waals surface area (Å²) in [4.78, 5) is 35.4. The Morgan fingerprint density at radius 2 is 0.584 bits per heavy atom. The van der Waals surface area contributed by atoms with Gasteiger partial charge in [-0.25, -0.2) is 4.57 Å². The maximum Gasteiger partial charge on any atom is 0.472 e. The van der Waals surface area contributed by atoms with E-state index in [1.807, 2.05) is 0 Å². The molecule has 0 rings (SSSR count). The standard InChI is InChI=1S/C79H152NO8P/c1-3-5-7-9-11-13-15-17-19-21-23-25-27-29-31-32-33-34-35-36-37-38-39-40-41-42-43-44-46-47-49-51-53-55-57-59-61-63-65-67-69-71-78(81)85-75-77(76-87-89(83,84)86-74-73-80)88-79(82)72-70-68-66-64-62-60-58-56-54-52-50-48-45-30-28-26-24-22-20-18-16-14-12-10-8-6-4-2/h16,18,22,24,28,30,77H,3-15,17,19-21,23,25-27,29,31-76,80H2,1-2H3,(H,83,84)/b18-16-,24-22-,30-28-. The van der Waals surface area contributed by atoms with Crippen LogP contribution in [0.2, 0.25) is 0 Å². The van der Waals surface area contributed by atoms with Crippen molar-refractivity contribution in [1.29, 1.82) is 0 Å². The van der Waals surface area contributed by atoms with Crippen LogP contribution in [-0.4, -0.2) is 49.3 Å². The molecule has 0 saturated heterocycles. The number of phosphoric ester groups is 1. The number of hydrogen-bond donors (Lipinski definition) is 2. The van der Waals surface area contributed by atoms with Crippen molar-refractivity contribution in [2.75, 3.05) is 26.4 Å². The molecule has 526 valence electrons. The molecule has 89 heavy (non-hydrogen) atoms. The van der Waals surface area contributed by atoms with Crippen molar-refractivity contribution in [3.05, 3.63) is 36.5 Å². The number of phosphoric acid groups is 1. The third-order valence-corrected chi connectivity index (χ3v) is 19.0. The zero-order valence-electron chi connectivity index (χ0n) is 59.5. The highest BCUT2D eigenvalue weighted by atomic mass is 31.2. The molecule has 0 saturated carbocycles. The topological polar surface area (TPSA) is 134 Å². The van der Waals surface area contributed by atoms with Gasteiger partial charge in [-0.2, -0.15) is 0 Å². The van der Waals surface area contributed by atoms with E-state index in [0.717, 1.165) is 51.4 Å². The molecular weight excluding hydrogens is 1120 g/mol. The van der Waals surface area contributed by atoms with Gasteiger partial charge in [0.25, 0.3) is 0 Å². The van der Waals surface area contributed by atoms with Gasteiger partial charge in [-0.3, -0.25) is 18.6 Å². The number of unbranched alkanes of at least 4 members (excludes halogenated alkanes) is 57. The minimum absolute atomic E-state index is 0.0549. The molecule has 0 aliphatic heterocycles. The van der Waals surface area contributed by atoms with Crippen LogP contribution in [0.5, 0.6) is 0 Å². The van der Waals surface area contributed by atoms with Crippen LogP contribution in [0.15, 0.2) is 36.5 Å². The van der Waals surface area contributed by atoms with Crippen LogP contribution in [0, 0.1) is 0 Å². The molecule has 0 amide bonds. The molecule has 0 aromatic rings. The molecule has 10 heteroatoms. The third-order valence-electron chi connectivity index (χ3n) is 18.0. The van der Waals surface area contributed by atoms with Crippen molar-refractivity contribution in [2.24, 2.45) is 5.73 Å². The van der Waals surface area contributed by atoms with Crippen molar-refractivity contribution < 1.29 is 37.6 Å². The van der Waals surface area contributed by atoms with E-state index in [2.05, 4.69) is 50.3 Å². The monoisotopic (exact) mass is 1270 g/mol. The number of nitrogens with two attached hydrogens (primary N) is 1. The van der Waals surface area contributed by atoms with Gasteiger partial charge in [0.15, 0.2) is 6.10 Å². The normalized spacial score (nSPS) is 13.0. The van der Waals surface area contributed by atoms with Gasteiger partial charge in [0.05, 0.1) is 13.2 Å². The van der Waals surface area contributed by atoms with Gasteiger partial charge in [-0.05, 0) is 51.4 Å². The van der Waals surface area contributed by atoms with E-state index >= 15 is 0 Å². The predicted molar refractivity (Wildman–Crippen MR) is 386 cm³/mol. The van der Waals surface area contributed by atoms with Crippen LogP contribution in [0.3, 0.4) is 0 Å². The Kier molecular flexibility index (Phi) is 73.8. The van der Waals surface area contributed by atoms with E-state index < -0.39 is 26.5 Å². The molecule has 0 radical (unpaired) electrons. The van der Waals surface area contributed by atoms with Gasteiger partial charge in [0.2, 0.25) is 0 Å². The fraction of sp³-hybridized carbons (Fsp3) is 0.899. The van der Waals surface area contributed by atoms with Gasteiger partial charge in [-0.1, -0.05) is 397 Å². The molecule has 0 aliphatic carbocycles. The first-order valence-corrected chi connectivity index (χ1v) is 41.0. The molecule has 2 atom stereocenters. The van der Waals surface area contributed by atoms with Gasteiger partial charge in [-0.15, -0.1) is 0 Å². The molecule has 3 N–H and O–H groups in total. The number of esters is 2. The highest BCUT2D eigenvalue weighted by Crippen LogP contribution is 2.43. The lowest BCUT2D eigenvalue weighted by molar-refractivity contribution is -0.161. The summed E-state index contributed by atoms with van der Waals surface area (Å²) in [5.41, 5.74) is 5.41. The second kappa shape index (κ2) is 75.3. The number of carbonyl (C=O) groups is 2. The van der Waals surface area contributed by atoms with Crippen molar-refractivity contribution >= 4 is 19.8 Å². The summed E-state index contributed by atoms with van der Waals surface area (Å²) in [6.45, 7) is 3.81. The van der Waals surface area contributed by atoms with E-state index in [0.29, 0.717) is 6.42 Å². The van der Waals surface area contributed by atoms with Gasteiger partial charge in [0, 0.05) is 19.4 Å². The predicted octanol–water partition coefficient (Wildman–Crippen LogP) is 26.2. The number of carbonyl (C=O) groups excluding carboxylic acids is 2. The Morgan fingerprint density at radius 3 is 0.865 bits per heavy atom. The fourth-order valence-electron chi connectivity index (χ4n) is 12.2. The first kappa shape index (κ1) is 87.2. The Balaban J connectivity index is 3.73. The zero-order chi connectivity index (χ0) is 64.4. The lowest BCUT2D eigenvalue weighted by Gasteiger charge is -2.19. The average molecular weight is 1280 g/mol. The van der Waals surface area contributed by atoms with E-state index in [1.54, 1.807) is 0 Å². The van der Waals surface area contributed by atoms with Crippen molar-refractivity contribution in [3.63, 3.8) is 0 Å². The van der Waals surface area contributed by atoms with Crippen LogP contribution in [0.4, 0.5) is 0 Å². The van der Waals surface area contributed by atoms with Crippen molar-refractivity contribution in [3.8, 4) is 0 Å². The summed E-state index contributed by atoms with van der Waals surface area (Å²) in [6, 6.07) is 0. The third kappa shape index (κ3) is 75.1. The SMILES string of the molecule is CCCCCCC/C=C\C/C=C\C/C=C\CCCCCCCCCCCCCCC(=O)OC(COC(=O)CCCCCCCCCCCCCCCCCCCCCCCCCCCCCCCCCCCCCCCCCCC)COP(=O)(O)OCCN. The number of allylic oxidation sites excluding steroid dienone is 6. The molecule has 0 aromatic heterocycles. The van der Waals surface area contributed by atoms with Gasteiger partial charge in [0.1, 0.15) is 6.61 Å². The Labute approximate surface area is 554 Å². The number of hydrogen-bond acceptors (Lipinski definition) is 8. The summed E-state index contributed by atoms with van der Waals surface area (Å²) in [5.74, 6) is -0.808. The second-order valence-corrected chi connectivity index (χ2v) is 28.4. The molecule has 0 fully saturated rings. The van der Waals surface area contributed by atoms with Crippen LogP contribution in [0.1, 0.15) is 425 Å². The highest BCUT2D eigenvalue weighted by molar-refractivity contribution is 7.47. The Bertz CT molecular complexity index is 1550. The minimum atomic E-state index is -4.39. The van der Waals surface area contributed by atoms with E-state index in [9.17, 15) is 19.0 Å². The largest absolute Gasteiger partial charge is 0.472 e. The molecule has 0 aliphatic rings. The summed E-state index contributed by atoms with van der Waals surface area (Å²) in [6.07, 6.45) is 95.8. The van der Waals surface area contributed by atoms with Gasteiger partial charge >= 0.3 is 19.8 Å². The van der Waals surface area contributed by atoms with Crippen molar-refractivity contribution in [2.45, 2.75) is 431 Å². The molecular formula is C79H152NO8P. The molecule has 0 aromatic carbocycles. The van der Waals surface area contributed by atoms with E-state index in [-0.39, 0.29) is 38.6 Å². The average Bonchev–Trinajstić information content (AvgIpc) is 3.64. The van der Waals surface area contributed by atoms with Crippen molar-refractivity contribution in [1.82, 2.24) is 0 Å². The molecule has 0 bridgehead atoms. The molecule has 0 heterocycles. The number of ether oxygens (including phenoxy) is 2. The maximum absolute atomic E-state index is 12.8. The maximum atomic E-state index is 12.8. The Hall–Kier alpha value is -1.77. The van der Waals surface area contributed by atoms with Crippen LogP contribution < -0.4 is 5.73 Å². The minimum Gasteiger partial charge on any atom is -0.462 e. The van der Waals surface area contributed by atoms with Crippen LogP contribution >= 0.6 is 7.82 Å². The zero-order valence-corrected chi connectivity index (χ0v) is 60.3. The summed E-state index contributed by atoms with van der Waals surface area (Å²) >= 11 is 0. The first-order chi connectivity index (χ1) is 43.8. The molecule has 0 spiro atoms. The lowest BCUT2D eigenvalue weighted by atomic mass is 10.0. The summed E-state index contributed by atoms with van der Waals surface area (Å²) in [5, 5.41) is 0. The summed E-state index contributed by atoms with van der Waals surface area (Å²) < 4.78 is 33.2. The van der Waals surface area contributed by atoms with E-state index in [4.69, 9.17) is 24.3 Å². The van der Waals surface area contributed by atoms with E-state index in [1.165, 1.54) is 340 Å². The lowest BCUT2D eigenvalue weighted by Crippen LogP contribution is -2.29. The fourth-order valence-corrected chi connectivity index (χ4v) is 12.9. The van der Waals surface area contributed by atoms with Crippen LogP contribution in [0.25, 0.3) is 0 Å². The number of rotatable bonds is 76. The van der Waals surface area contributed by atoms with Gasteiger partial charge < -0.3 is 20.1 Å². The second-order valence-electron chi connectivity index (χ2n) is 26.9. The Morgan fingerprint density at radius 1 is 0.337 bits per heavy atom. The first-order valence-electron chi connectivity index (χ1n) is 39.5. The van der Waals surface area contributed by atoms with Crippen LogP contribution in [-0.2, 0) is 32.7 Å². The smallest absolute Gasteiger partial charge is 0.462 e.